The summed E-state index contributed by atoms with van der Waals surface area (Å²) in [5.41, 5.74) is 1.35. The quantitative estimate of drug-likeness (QED) is 0.526. The van der Waals surface area contributed by atoms with Crippen molar-refractivity contribution in [2.45, 2.75) is 8.35 Å². The van der Waals surface area contributed by atoms with Gasteiger partial charge in [0.25, 0.3) is 0 Å². The number of alkyl halides is 2. The van der Waals surface area contributed by atoms with Gasteiger partial charge in [0.1, 0.15) is 0 Å². The minimum absolute atomic E-state index is 0.659. The van der Waals surface area contributed by atoms with E-state index in [2.05, 4.69) is 57.3 Å². The number of rotatable bonds is 2. The summed E-state index contributed by atoms with van der Waals surface area (Å²) < 4.78 is 0.659. The first-order valence-electron chi connectivity index (χ1n) is 3.21. The monoisotopic (exact) mass is 392 g/mol. The summed E-state index contributed by atoms with van der Waals surface area (Å²) in [4.78, 5) is 0. The largest absolute Gasteiger partial charge is 0.0843 e. The fourth-order valence-electron chi connectivity index (χ4n) is 0.799. The van der Waals surface area contributed by atoms with Crippen LogP contribution in [0.15, 0.2) is 24.3 Å². The van der Waals surface area contributed by atoms with E-state index in [-0.39, 0.29) is 0 Å². The van der Waals surface area contributed by atoms with Crippen molar-refractivity contribution in [2.75, 3.05) is 0 Å². The third kappa shape index (κ3) is 3.94. The van der Waals surface area contributed by atoms with Crippen LogP contribution in [0.2, 0.25) is 5.02 Å². The zero-order valence-electron chi connectivity index (χ0n) is 5.73. The molecular formula is C8H7ClI2. The van der Waals surface area contributed by atoms with Crippen LogP contribution in [0.1, 0.15) is 5.56 Å². The van der Waals surface area contributed by atoms with Crippen molar-refractivity contribution in [2.24, 2.45) is 0 Å². The minimum Gasteiger partial charge on any atom is -0.0843 e. The molecule has 0 saturated heterocycles. The summed E-state index contributed by atoms with van der Waals surface area (Å²) in [5.74, 6) is 0. The van der Waals surface area contributed by atoms with Crippen LogP contribution in [0.25, 0.3) is 0 Å². The van der Waals surface area contributed by atoms with Crippen LogP contribution in [-0.2, 0) is 6.42 Å². The van der Waals surface area contributed by atoms with E-state index in [1.165, 1.54) is 5.56 Å². The van der Waals surface area contributed by atoms with Gasteiger partial charge in [-0.3, -0.25) is 0 Å². The fourth-order valence-corrected chi connectivity index (χ4v) is 1.94. The molecule has 0 fully saturated rings. The van der Waals surface area contributed by atoms with Gasteiger partial charge in [0, 0.05) is 5.02 Å². The Morgan fingerprint density at radius 3 is 2.18 bits per heavy atom. The molecule has 11 heavy (non-hydrogen) atoms. The average Bonchev–Trinajstić information content (AvgIpc) is 1.93. The Labute approximate surface area is 99.0 Å². The van der Waals surface area contributed by atoms with Gasteiger partial charge >= 0.3 is 0 Å². The van der Waals surface area contributed by atoms with Gasteiger partial charge in [-0.2, -0.15) is 0 Å². The lowest BCUT2D eigenvalue weighted by atomic mass is 10.2. The van der Waals surface area contributed by atoms with Crippen LogP contribution >= 0.6 is 56.8 Å². The molecule has 1 rings (SSSR count). The fraction of sp³-hybridized carbons (Fsp3) is 0.250. The standard InChI is InChI=1S/C8H7ClI2/c9-7-3-1-6(2-4-7)5-8(10)11/h1-4,8H,5H2. The van der Waals surface area contributed by atoms with Gasteiger partial charge < -0.3 is 0 Å². The molecule has 0 nitrogen and oxygen atoms in total. The molecular weight excluding hydrogens is 385 g/mol. The third-order valence-electron chi connectivity index (χ3n) is 1.30. The van der Waals surface area contributed by atoms with E-state index in [4.69, 9.17) is 11.6 Å². The zero-order valence-corrected chi connectivity index (χ0v) is 10.8. The lowest BCUT2D eigenvalue weighted by molar-refractivity contribution is 1.16. The molecule has 0 aliphatic rings. The molecule has 0 aromatic heterocycles. The normalized spacial score (nSPS) is 10.5. The summed E-state index contributed by atoms with van der Waals surface area (Å²) in [7, 11) is 0. The summed E-state index contributed by atoms with van der Waals surface area (Å²) in [6.45, 7) is 0. The second-order valence-electron chi connectivity index (χ2n) is 2.22. The second kappa shape index (κ2) is 4.87. The number of benzene rings is 1. The molecule has 0 atom stereocenters. The summed E-state index contributed by atoms with van der Waals surface area (Å²) in [5, 5.41) is 0.812. The molecule has 1 aromatic rings. The average molecular weight is 392 g/mol. The van der Waals surface area contributed by atoms with Gasteiger partial charge in [-0.15, -0.1) is 0 Å². The van der Waals surface area contributed by atoms with E-state index in [0.29, 0.717) is 1.93 Å². The second-order valence-corrected chi connectivity index (χ2v) is 8.05. The topological polar surface area (TPSA) is 0 Å². The van der Waals surface area contributed by atoms with Crippen LogP contribution in [0.3, 0.4) is 0 Å². The highest BCUT2D eigenvalue weighted by molar-refractivity contribution is 14.2. The molecule has 1 aromatic carbocycles. The Bertz CT molecular complexity index is 218. The maximum absolute atomic E-state index is 5.74. The first kappa shape index (κ1) is 10.1. The highest BCUT2D eigenvalue weighted by atomic mass is 127. The molecule has 0 unspecified atom stereocenters. The molecule has 60 valence electrons. The van der Waals surface area contributed by atoms with Crippen LogP contribution in [-0.4, -0.2) is 1.93 Å². The van der Waals surface area contributed by atoms with Gasteiger partial charge in [0.2, 0.25) is 0 Å². The molecule has 0 N–H and O–H groups in total. The zero-order chi connectivity index (χ0) is 8.27. The Kier molecular flexibility index (Phi) is 4.45. The molecule has 0 saturated carbocycles. The first-order valence-corrected chi connectivity index (χ1v) is 6.08. The Morgan fingerprint density at radius 1 is 1.18 bits per heavy atom. The van der Waals surface area contributed by atoms with Gasteiger partial charge in [-0.05, 0) is 24.1 Å². The third-order valence-corrected chi connectivity index (χ3v) is 2.44. The minimum atomic E-state index is 0.659. The van der Waals surface area contributed by atoms with Crippen molar-refractivity contribution in [3.8, 4) is 0 Å². The van der Waals surface area contributed by atoms with Gasteiger partial charge in [0.15, 0.2) is 0 Å². The van der Waals surface area contributed by atoms with Gasteiger partial charge in [0.05, 0.1) is 1.93 Å². The lowest BCUT2D eigenvalue weighted by Crippen LogP contribution is -1.91. The Morgan fingerprint density at radius 2 is 1.73 bits per heavy atom. The summed E-state index contributed by atoms with van der Waals surface area (Å²) in [6.07, 6.45) is 1.11. The smallest absolute Gasteiger partial charge is 0.0666 e. The predicted octanol–water partition coefficient (Wildman–Crippen LogP) is 4.08. The van der Waals surface area contributed by atoms with E-state index in [9.17, 15) is 0 Å². The van der Waals surface area contributed by atoms with E-state index in [0.717, 1.165) is 11.4 Å². The molecule has 0 aliphatic heterocycles. The molecule has 3 heteroatoms. The summed E-state index contributed by atoms with van der Waals surface area (Å²) >= 11 is 10.6. The van der Waals surface area contributed by atoms with Crippen molar-refractivity contribution < 1.29 is 0 Å². The van der Waals surface area contributed by atoms with Gasteiger partial charge in [-0.1, -0.05) is 68.9 Å². The van der Waals surface area contributed by atoms with E-state index in [1.807, 2.05) is 12.1 Å². The SMILES string of the molecule is Clc1ccc(CC(I)I)cc1. The van der Waals surface area contributed by atoms with Crippen molar-refractivity contribution in [3.63, 3.8) is 0 Å². The van der Waals surface area contributed by atoms with Crippen molar-refractivity contribution in [3.05, 3.63) is 34.9 Å². The van der Waals surface area contributed by atoms with Crippen LogP contribution in [0.5, 0.6) is 0 Å². The van der Waals surface area contributed by atoms with Crippen LogP contribution < -0.4 is 0 Å². The number of halogens is 3. The highest BCUT2D eigenvalue weighted by Gasteiger charge is 1.98. The number of hydrogen-bond donors (Lipinski definition) is 0. The van der Waals surface area contributed by atoms with E-state index in [1.54, 1.807) is 0 Å². The Balaban J connectivity index is 2.66. The molecule has 0 aliphatic carbocycles. The first-order chi connectivity index (χ1) is 5.18. The summed E-state index contributed by atoms with van der Waals surface area (Å²) in [6, 6.07) is 8.03. The number of hydrogen-bond acceptors (Lipinski definition) is 0. The molecule has 0 heterocycles. The van der Waals surface area contributed by atoms with Crippen molar-refractivity contribution in [1.29, 1.82) is 0 Å². The van der Waals surface area contributed by atoms with Crippen molar-refractivity contribution >= 4 is 56.8 Å². The molecule has 0 spiro atoms. The van der Waals surface area contributed by atoms with Crippen LogP contribution in [0, 0.1) is 0 Å². The predicted molar refractivity (Wildman–Crippen MR) is 67.0 cm³/mol. The highest BCUT2D eigenvalue weighted by Crippen LogP contribution is 2.18. The Hall–Kier alpha value is 0.970. The van der Waals surface area contributed by atoms with E-state index < -0.39 is 0 Å². The maximum Gasteiger partial charge on any atom is 0.0666 e. The molecule has 0 bridgehead atoms. The molecule has 0 amide bonds. The van der Waals surface area contributed by atoms with Gasteiger partial charge in [-0.25, -0.2) is 0 Å². The maximum atomic E-state index is 5.74. The van der Waals surface area contributed by atoms with Crippen molar-refractivity contribution in [1.82, 2.24) is 0 Å². The lowest BCUT2D eigenvalue weighted by Gasteiger charge is -2.01. The molecule has 0 radical (unpaired) electrons. The van der Waals surface area contributed by atoms with E-state index >= 15 is 0 Å². The van der Waals surface area contributed by atoms with Crippen LogP contribution in [0.4, 0.5) is 0 Å².